The van der Waals surface area contributed by atoms with E-state index in [0.29, 0.717) is 5.92 Å². The van der Waals surface area contributed by atoms with Crippen molar-refractivity contribution in [3.8, 4) is 5.75 Å². The SMILES string of the molecule is CCCNCC(C)(Cc1ccc(OC)c(Br)c1)C(C)C. The van der Waals surface area contributed by atoms with Crippen LogP contribution in [0.25, 0.3) is 0 Å². The van der Waals surface area contributed by atoms with Crippen LogP contribution < -0.4 is 10.1 Å². The fraction of sp³-hybridized carbons (Fsp3) is 0.647. The summed E-state index contributed by atoms with van der Waals surface area (Å²) in [6.45, 7) is 11.4. The fourth-order valence-corrected chi connectivity index (χ4v) is 2.90. The molecule has 0 heterocycles. The zero-order valence-electron chi connectivity index (χ0n) is 13.4. The molecule has 2 nitrogen and oxygen atoms in total. The van der Waals surface area contributed by atoms with Gasteiger partial charge in [0.25, 0.3) is 0 Å². The molecule has 1 aromatic rings. The van der Waals surface area contributed by atoms with Crippen molar-refractivity contribution in [2.45, 2.75) is 40.5 Å². The summed E-state index contributed by atoms with van der Waals surface area (Å²) in [6.07, 6.45) is 2.26. The van der Waals surface area contributed by atoms with E-state index in [-0.39, 0.29) is 5.41 Å². The van der Waals surface area contributed by atoms with Crippen molar-refractivity contribution in [3.63, 3.8) is 0 Å². The van der Waals surface area contributed by atoms with Gasteiger partial charge in [0.2, 0.25) is 0 Å². The smallest absolute Gasteiger partial charge is 0.133 e. The van der Waals surface area contributed by atoms with Crippen LogP contribution in [-0.2, 0) is 6.42 Å². The average molecular weight is 342 g/mol. The van der Waals surface area contributed by atoms with Crippen molar-refractivity contribution < 1.29 is 4.74 Å². The van der Waals surface area contributed by atoms with Gasteiger partial charge in [-0.1, -0.05) is 33.8 Å². The molecule has 20 heavy (non-hydrogen) atoms. The van der Waals surface area contributed by atoms with E-state index in [0.717, 1.165) is 29.7 Å². The molecule has 0 saturated heterocycles. The van der Waals surface area contributed by atoms with E-state index in [1.54, 1.807) is 7.11 Å². The van der Waals surface area contributed by atoms with E-state index in [2.05, 4.69) is 61.1 Å². The minimum Gasteiger partial charge on any atom is -0.496 e. The molecule has 0 saturated carbocycles. The predicted molar refractivity (Wildman–Crippen MR) is 90.5 cm³/mol. The first-order chi connectivity index (χ1) is 9.42. The lowest BCUT2D eigenvalue weighted by atomic mass is 9.74. The monoisotopic (exact) mass is 341 g/mol. The quantitative estimate of drug-likeness (QED) is 0.694. The number of hydrogen-bond acceptors (Lipinski definition) is 2. The summed E-state index contributed by atoms with van der Waals surface area (Å²) >= 11 is 3.58. The van der Waals surface area contributed by atoms with Crippen molar-refractivity contribution >= 4 is 15.9 Å². The molecule has 0 aromatic heterocycles. The number of ether oxygens (including phenoxy) is 1. The van der Waals surface area contributed by atoms with E-state index >= 15 is 0 Å². The molecule has 114 valence electrons. The van der Waals surface area contributed by atoms with E-state index in [4.69, 9.17) is 4.74 Å². The first-order valence-corrected chi connectivity index (χ1v) is 8.25. The molecule has 1 N–H and O–H groups in total. The molecule has 1 rings (SSSR count). The molecule has 0 radical (unpaired) electrons. The summed E-state index contributed by atoms with van der Waals surface area (Å²) in [7, 11) is 1.70. The van der Waals surface area contributed by atoms with Gasteiger partial charge in [-0.2, -0.15) is 0 Å². The molecule has 3 heteroatoms. The Hall–Kier alpha value is -0.540. The van der Waals surface area contributed by atoms with Crippen LogP contribution in [-0.4, -0.2) is 20.2 Å². The molecular weight excluding hydrogens is 314 g/mol. The number of nitrogens with one attached hydrogen (secondary N) is 1. The van der Waals surface area contributed by atoms with Crippen LogP contribution in [0.2, 0.25) is 0 Å². The Labute approximate surface area is 132 Å². The van der Waals surface area contributed by atoms with Crippen LogP contribution in [0.15, 0.2) is 22.7 Å². The molecule has 0 bridgehead atoms. The van der Waals surface area contributed by atoms with Gasteiger partial charge in [-0.3, -0.25) is 0 Å². The summed E-state index contributed by atoms with van der Waals surface area (Å²) in [4.78, 5) is 0. The summed E-state index contributed by atoms with van der Waals surface area (Å²) in [5, 5.41) is 3.58. The minimum atomic E-state index is 0.267. The second-order valence-corrected chi connectivity index (χ2v) is 6.99. The van der Waals surface area contributed by atoms with Crippen molar-refractivity contribution in [3.05, 3.63) is 28.2 Å². The molecule has 0 spiro atoms. The molecule has 0 aliphatic rings. The highest BCUT2D eigenvalue weighted by molar-refractivity contribution is 9.10. The van der Waals surface area contributed by atoms with Gasteiger partial charge < -0.3 is 10.1 Å². The lowest BCUT2D eigenvalue weighted by Crippen LogP contribution is -2.38. The normalized spacial score (nSPS) is 14.3. The van der Waals surface area contributed by atoms with E-state index in [1.807, 2.05) is 6.07 Å². The van der Waals surface area contributed by atoms with Gasteiger partial charge in [0.1, 0.15) is 5.75 Å². The Morgan fingerprint density at radius 3 is 2.55 bits per heavy atom. The Kier molecular flexibility index (Phi) is 7.04. The van der Waals surface area contributed by atoms with Crippen LogP contribution in [0.5, 0.6) is 5.75 Å². The van der Waals surface area contributed by atoms with Gasteiger partial charge in [-0.15, -0.1) is 0 Å². The Morgan fingerprint density at radius 1 is 1.35 bits per heavy atom. The largest absolute Gasteiger partial charge is 0.496 e. The third-order valence-electron chi connectivity index (χ3n) is 4.17. The van der Waals surface area contributed by atoms with Gasteiger partial charge in [0, 0.05) is 6.54 Å². The molecule has 1 atom stereocenters. The standard InChI is InChI=1S/C17H28BrNO/c1-6-9-19-12-17(4,13(2)3)11-14-7-8-16(20-5)15(18)10-14/h7-8,10,13,19H,6,9,11-12H2,1-5H3. The maximum Gasteiger partial charge on any atom is 0.133 e. The molecule has 1 unspecified atom stereocenters. The molecule has 0 amide bonds. The summed E-state index contributed by atoms with van der Waals surface area (Å²) in [6, 6.07) is 6.39. The maximum absolute atomic E-state index is 5.30. The van der Waals surface area contributed by atoms with Gasteiger partial charge in [0.05, 0.1) is 11.6 Å². The summed E-state index contributed by atoms with van der Waals surface area (Å²) in [5.74, 6) is 1.52. The van der Waals surface area contributed by atoms with E-state index in [1.165, 1.54) is 12.0 Å². The third-order valence-corrected chi connectivity index (χ3v) is 4.79. The van der Waals surface area contributed by atoms with Gasteiger partial charge in [0.15, 0.2) is 0 Å². The van der Waals surface area contributed by atoms with Crippen molar-refractivity contribution in [2.75, 3.05) is 20.2 Å². The number of halogens is 1. The summed E-state index contributed by atoms with van der Waals surface area (Å²) in [5.41, 5.74) is 1.62. The number of methoxy groups -OCH3 is 1. The van der Waals surface area contributed by atoms with Crippen molar-refractivity contribution in [1.29, 1.82) is 0 Å². The topological polar surface area (TPSA) is 21.3 Å². The zero-order valence-corrected chi connectivity index (χ0v) is 15.0. The number of hydrogen-bond donors (Lipinski definition) is 1. The highest BCUT2D eigenvalue weighted by atomic mass is 79.9. The number of rotatable bonds is 8. The zero-order chi connectivity index (χ0) is 15.2. The fourth-order valence-electron chi connectivity index (χ4n) is 2.31. The Balaban J connectivity index is 2.81. The Bertz CT molecular complexity index is 419. The second-order valence-electron chi connectivity index (χ2n) is 6.13. The van der Waals surface area contributed by atoms with Crippen molar-refractivity contribution in [2.24, 2.45) is 11.3 Å². The lowest BCUT2D eigenvalue weighted by Gasteiger charge is -2.34. The molecule has 0 aliphatic carbocycles. The lowest BCUT2D eigenvalue weighted by molar-refractivity contribution is 0.207. The van der Waals surface area contributed by atoms with E-state index in [9.17, 15) is 0 Å². The van der Waals surface area contributed by atoms with Crippen LogP contribution >= 0.6 is 15.9 Å². The average Bonchev–Trinajstić information content (AvgIpc) is 2.39. The predicted octanol–water partition coefficient (Wildman–Crippen LogP) is 4.66. The van der Waals surface area contributed by atoms with Crippen molar-refractivity contribution in [1.82, 2.24) is 5.32 Å². The van der Waals surface area contributed by atoms with Gasteiger partial charge in [-0.05, 0) is 64.3 Å². The highest BCUT2D eigenvalue weighted by Gasteiger charge is 2.28. The van der Waals surface area contributed by atoms with Crippen LogP contribution in [0.4, 0.5) is 0 Å². The molecule has 0 aliphatic heterocycles. The highest BCUT2D eigenvalue weighted by Crippen LogP contribution is 2.33. The number of benzene rings is 1. The molecular formula is C17H28BrNO. The maximum atomic E-state index is 5.30. The first kappa shape index (κ1) is 17.5. The molecule has 1 aromatic carbocycles. The van der Waals surface area contributed by atoms with Gasteiger partial charge in [-0.25, -0.2) is 0 Å². The second kappa shape index (κ2) is 8.04. The summed E-state index contributed by atoms with van der Waals surface area (Å²) < 4.78 is 6.33. The van der Waals surface area contributed by atoms with Crippen LogP contribution in [0.1, 0.15) is 39.7 Å². The van der Waals surface area contributed by atoms with Crippen LogP contribution in [0.3, 0.4) is 0 Å². The first-order valence-electron chi connectivity index (χ1n) is 7.46. The van der Waals surface area contributed by atoms with Gasteiger partial charge >= 0.3 is 0 Å². The third kappa shape index (κ3) is 4.78. The molecule has 0 fully saturated rings. The Morgan fingerprint density at radius 2 is 2.05 bits per heavy atom. The van der Waals surface area contributed by atoms with E-state index < -0.39 is 0 Å². The van der Waals surface area contributed by atoms with Crippen LogP contribution in [0, 0.1) is 11.3 Å². The minimum absolute atomic E-state index is 0.267.